The van der Waals surface area contributed by atoms with E-state index in [-0.39, 0.29) is 18.1 Å². The molecule has 7 heteroatoms. The number of carbonyl (C=O) groups excluding carboxylic acids is 1. The van der Waals surface area contributed by atoms with E-state index in [2.05, 4.69) is 4.72 Å². The first kappa shape index (κ1) is 18.3. The fourth-order valence-corrected chi connectivity index (χ4v) is 3.96. The van der Waals surface area contributed by atoms with Gasteiger partial charge in [-0.3, -0.25) is 4.79 Å². The number of ketones is 1. The van der Waals surface area contributed by atoms with Gasteiger partial charge in [0.25, 0.3) is 0 Å². The number of sulfonamides is 1. The predicted octanol–water partition coefficient (Wildman–Crippen LogP) is 3.97. The second kappa shape index (κ2) is 7.82. The molecule has 2 aromatic heterocycles. The van der Waals surface area contributed by atoms with Crippen molar-refractivity contribution in [3.8, 4) is 0 Å². The molecule has 0 aliphatic carbocycles. The zero-order valence-corrected chi connectivity index (χ0v) is 15.6. The van der Waals surface area contributed by atoms with Crippen molar-refractivity contribution in [2.45, 2.75) is 13.5 Å². The fourth-order valence-electron chi connectivity index (χ4n) is 2.19. The lowest BCUT2D eigenvalue weighted by Crippen LogP contribution is -2.19. The highest BCUT2D eigenvalue weighted by Crippen LogP contribution is 2.20. The minimum atomic E-state index is -3.57. The van der Waals surface area contributed by atoms with Crippen LogP contribution in [-0.2, 0) is 16.6 Å². The van der Waals surface area contributed by atoms with Gasteiger partial charge in [-0.05, 0) is 42.8 Å². The van der Waals surface area contributed by atoms with E-state index in [9.17, 15) is 13.2 Å². The third kappa shape index (κ3) is 4.78. The van der Waals surface area contributed by atoms with E-state index < -0.39 is 10.0 Å². The van der Waals surface area contributed by atoms with Crippen LogP contribution in [-0.4, -0.2) is 14.2 Å². The summed E-state index contributed by atoms with van der Waals surface area (Å²) < 4.78 is 31.8. The lowest BCUT2D eigenvalue weighted by molar-refractivity contribution is 0.101. The van der Waals surface area contributed by atoms with E-state index in [4.69, 9.17) is 4.42 Å². The summed E-state index contributed by atoms with van der Waals surface area (Å²) in [7, 11) is -3.57. The van der Waals surface area contributed by atoms with E-state index in [1.807, 2.05) is 31.2 Å². The molecule has 26 heavy (non-hydrogen) atoms. The summed E-state index contributed by atoms with van der Waals surface area (Å²) in [6, 6.07) is 14.2. The molecule has 0 fully saturated rings. The average molecular weight is 387 g/mol. The summed E-state index contributed by atoms with van der Waals surface area (Å²) >= 11 is 1.24. The van der Waals surface area contributed by atoms with Crippen LogP contribution in [0.15, 0.2) is 64.6 Å². The van der Waals surface area contributed by atoms with Crippen LogP contribution < -0.4 is 4.72 Å². The Kier molecular flexibility index (Phi) is 5.51. The maximum absolute atomic E-state index is 12.2. The number of benzene rings is 1. The Bertz CT molecular complexity index is 1010. The Morgan fingerprint density at radius 1 is 1.15 bits per heavy atom. The normalized spacial score (nSPS) is 11.9. The number of hydrogen-bond acceptors (Lipinski definition) is 5. The Morgan fingerprint density at radius 3 is 2.62 bits per heavy atom. The molecule has 134 valence electrons. The molecule has 0 radical (unpaired) electrons. The van der Waals surface area contributed by atoms with Gasteiger partial charge in [0.1, 0.15) is 0 Å². The number of aryl methyl sites for hydroxylation is 1. The number of rotatable bonds is 7. The van der Waals surface area contributed by atoms with Gasteiger partial charge in [-0.15, -0.1) is 11.3 Å². The summed E-state index contributed by atoms with van der Waals surface area (Å²) in [4.78, 5) is 13.4. The third-order valence-corrected chi connectivity index (χ3v) is 5.72. The molecular formula is C19H17NO4S2. The molecule has 1 aromatic carbocycles. The molecule has 0 unspecified atom stereocenters. The molecule has 0 bridgehead atoms. The second-order valence-corrected chi connectivity index (χ2v) is 8.47. The third-order valence-electron chi connectivity index (χ3n) is 3.59. The summed E-state index contributed by atoms with van der Waals surface area (Å²) in [6.07, 6.45) is 2.98. The predicted molar refractivity (Wildman–Crippen MR) is 102 cm³/mol. The zero-order chi connectivity index (χ0) is 18.6. The van der Waals surface area contributed by atoms with Gasteiger partial charge >= 0.3 is 0 Å². The SMILES string of the molecule is Cc1ccc(C=CS(=O)(=O)NCc2ccc(C(=O)c3ccco3)s2)cc1. The molecule has 0 saturated carbocycles. The van der Waals surface area contributed by atoms with Crippen LogP contribution >= 0.6 is 11.3 Å². The standard InChI is InChI=1S/C19H17NO4S2/c1-14-4-6-15(7-5-14)10-12-26(22,23)20-13-16-8-9-18(25-16)19(21)17-3-2-11-24-17/h2-12,20H,13H2,1H3. The summed E-state index contributed by atoms with van der Waals surface area (Å²) in [5, 5.41) is 1.14. The molecule has 3 rings (SSSR count). The number of nitrogens with one attached hydrogen (secondary N) is 1. The average Bonchev–Trinajstić information content (AvgIpc) is 3.31. The van der Waals surface area contributed by atoms with Gasteiger partial charge in [0.2, 0.25) is 15.8 Å². The first-order valence-corrected chi connectivity index (χ1v) is 10.2. The van der Waals surface area contributed by atoms with Crippen molar-refractivity contribution in [3.05, 3.63) is 86.8 Å². The fraction of sp³-hybridized carbons (Fsp3) is 0.105. The maximum atomic E-state index is 12.2. The monoisotopic (exact) mass is 387 g/mol. The van der Waals surface area contributed by atoms with Crippen LogP contribution in [0.1, 0.15) is 31.4 Å². The highest BCUT2D eigenvalue weighted by molar-refractivity contribution is 7.92. The van der Waals surface area contributed by atoms with Crippen LogP contribution in [0, 0.1) is 6.92 Å². The van der Waals surface area contributed by atoms with E-state index in [1.165, 1.54) is 17.6 Å². The van der Waals surface area contributed by atoms with Gasteiger partial charge in [-0.2, -0.15) is 0 Å². The van der Waals surface area contributed by atoms with E-state index in [1.54, 1.807) is 30.3 Å². The molecule has 0 saturated heterocycles. The largest absolute Gasteiger partial charge is 0.461 e. The second-order valence-electron chi connectivity index (χ2n) is 5.65. The number of thiophene rings is 1. The molecule has 0 aliphatic rings. The van der Waals surface area contributed by atoms with Crippen LogP contribution in [0.5, 0.6) is 0 Å². The van der Waals surface area contributed by atoms with Crippen LogP contribution in [0.2, 0.25) is 0 Å². The Hall–Kier alpha value is -2.48. The maximum Gasteiger partial charge on any atom is 0.238 e. The Balaban J connectivity index is 1.61. The smallest absolute Gasteiger partial charge is 0.238 e. The van der Waals surface area contributed by atoms with Gasteiger partial charge in [0.15, 0.2) is 5.76 Å². The Labute approximate surface area is 156 Å². The van der Waals surface area contributed by atoms with Crippen LogP contribution in [0.4, 0.5) is 0 Å². The van der Waals surface area contributed by atoms with Gasteiger partial charge in [-0.25, -0.2) is 13.1 Å². The lowest BCUT2D eigenvalue weighted by atomic mass is 10.2. The zero-order valence-electron chi connectivity index (χ0n) is 14.0. The highest BCUT2D eigenvalue weighted by Gasteiger charge is 2.15. The number of furan rings is 1. The van der Waals surface area contributed by atoms with Gasteiger partial charge < -0.3 is 4.42 Å². The first-order valence-electron chi connectivity index (χ1n) is 7.84. The molecule has 0 aliphatic heterocycles. The molecule has 0 amide bonds. The Morgan fingerprint density at radius 2 is 1.92 bits per heavy atom. The van der Waals surface area contributed by atoms with Crippen LogP contribution in [0.25, 0.3) is 6.08 Å². The van der Waals surface area contributed by atoms with Gasteiger partial charge in [0.05, 0.1) is 11.1 Å². The van der Waals surface area contributed by atoms with Crippen molar-refractivity contribution in [1.29, 1.82) is 0 Å². The van der Waals surface area contributed by atoms with Crippen LogP contribution in [0.3, 0.4) is 0 Å². The molecule has 0 spiro atoms. The molecule has 3 aromatic rings. The number of carbonyl (C=O) groups is 1. The van der Waals surface area contributed by atoms with Crippen molar-refractivity contribution in [2.24, 2.45) is 0 Å². The van der Waals surface area contributed by atoms with E-state index >= 15 is 0 Å². The first-order chi connectivity index (χ1) is 12.4. The van der Waals surface area contributed by atoms with Crippen molar-refractivity contribution >= 4 is 33.2 Å². The van der Waals surface area contributed by atoms with Crippen molar-refractivity contribution < 1.29 is 17.6 Å². The molecule has 2 heterocycles. The summed E-state index contributed by atoms with van der Waals surface area (Å²) in [5.41, 5.74) is 1.92. The summed E-state index contributed by atoms with van der Waals surface area (Å²) in [6.45, 7) is 2.09. The lowest BCUT2D eigenvalue weighted by Gasteiger charge is -2.01. The molecule has 5 nitrogen and oxygen atoms in total. The minimum Gasteiger partial charge on any atom is -0.461 e. The summed E-state index contributed by atoms with van der Waals surface area (Å²) in [5.74, 6) is 0.0494. The topological polar surface area (TPSA) is 76.4 Å². The quantitative estimate of drug-likeness (QED) is 0.622. The molecular weight excluding hydrogens is 370 g/mol. The van der Waals surface area contributed by atoms with E-state index in [0.29, 0.717) is 4.88 Å². The van der Waals surface area contributed by atoms with Crippen molar-refractivity contribution in [3.63, 3.8) is 0 Å². The van der Waals surface area contributed by atoms with Crippen molar-refractivity contribution in [2.75, 3.05) is 0 Å². The van der Waals surface area contributed by atoms with Gasteiger partial charge in [0, 0.05) is 16.8 Å². The van der Waals surface area contributed by atoms with Gasteiger partial charge in [-0.1, -0.05) is 29.8 Å². The molecule has 0 atom stereocenters. The minimum absolute atomic E-state index is 0.122. The van der Waals surface area contributed by atoms with Crippen molar-refractivity contribution in [1.82, 2.24) is 4.72 Å². The number of hydrogen-bond donors (Lipinski definition) is 1. The molecule has 1 N–H and O–H groups in total. The highest BCUT2D eigenvalue weighted by atomic mass is 32.2. The van der Waals surface area contributed by atoms with E-state index in [0.717, 1.165) is 21.4 Å².